The van der Waals surface area contributed by atoms with Gasteiger partial charge in [0, 0.05) is 18.4 Å². The monoisotopic (exact) mass is 327 g/mol. The second kappa shape index (κ2) is 6.39. The second-order valence-electron chi connectivity index (χ2n) is 4.63. The minimum atomic E-state index is -0.00134. The molecule has 0 N–H and O–H groups in total. The van der Waals surface area contributed by atoms with E-state index >= 15 is 0 Å². The van der Waals surface area contributed by atoms with E-state index in [0.717, 1.165) is 5.33 Å². The number of amides is 1. The fourth-order valence-corrected chi connectivity index (χ4v) is 2.65. The zero-order valence-electron chi connectivity index (χ0n) is 11.1. The Morgan fingerprint density at radius 1 is 1.47 bits per heavy atom. The highest BCUT2D eigenvalue weighted by Crippen LogP contribution is 2.22. The normalized spacial score (nSPS) is 23.2. The lowest BCUT2D eigenvalue weighted by molar-refractivity contribution is -0.0560. The largest absolute Gasteiger partial charge is 0.496 e. The van der Waals surface area contributed by atoms with Gasteiger partial charge in [-0.1, -0.05) is 28.1 Å². The van der Waals surface area contributed by atoms with Gasteiger partial charge < -0.3 is 14.4 Å². The fraction of sp³-hybridized carbons (Fsp3) is 0.500. The number of rotatable bonds is 3. The molecule has 1 aliphatic heterocycles. The molecular formula is C14H18BrNO3. The molecule has 0 aliphatic carbocycles. The molecule has 0 aromatic heterocycles. The van der Waals surface area contributed by atoms with Crippen molar-refractivity contribution >= 4 is 21.8 Å². The third-order valence-electron chi connectivity index (χ3n) is 3.12. The van der Waals surface area contributed by atoms with Gasteiger partial charge in [0.05, 0.1) is 24.9 Å². The van der Waals surface area contributed by atoms with Gasteiger partial charge in [-0.3, -0.25) is 4.79 Å². The highest BCUT2D eigenvalue weighted by Gasteiger charge is 2.29. The first kappa shape index (κ1) is 14.3. The van der Waals surface area contributed by atoms with Gasteiger partial charge in [-0.05, 0) is 19.1 Å². The summed E-state index contributed by atoms with van der Waals surface area (Å²) in [6.07, 6.45) is 0.0948. The van der Waals surface area contributed by atoms with Crippen molar-refractivity contribution in [3.63, 3.8) is 0 Å². The Labute approximate surface area is 121 Å². The summed E-state index contributed by atoms with van der Waals surface area (Å²) >= 11 is 3.41. The second-order valence-corrected chi connectivity index (χ2v) is 5.28. The van der Waals surface area contributed by atoms with Crippen LogP contribution >= 0.6 is 15.9 Å². The van der Waals surface area contributed by atoms with Crippen molar-refractivity contribution in [3.05, 3.63) is 29.8 Å². The van der Waals surface area contributed by atoms with Gasteiger partial charge in [0.15, 0.2) is 0 Å². The van der Waals surface area contributed by atoms with Crippen LogP contribution in [0.2, 0.25) is 0 Å². The van der Waals surface area contributed by atoms with Crippen LogP contribution in [0.5, 0.6) is 5.75 Å². The first-order valence-electron chi connectivity index (χ1n) is 6.29. The molecule has 19 heavy (non-hydrogen) atoms. The topological polar surface area (TPSA) is 38.8 Å². The van der Waals surface area contributed by atoms with Crippen LogP contribution in [0.15, 0.2) is 24.3 Å². The van der Waals surface area contributed by atoms with Crippen molar-refractivity contribution in [2.24, 2.45) is 0 Å². The maximum absolute atomic E-state index is 12.6. The zero-order chi connectivity index (χ0) is 13.8. The smallest absolute Gasteiger partial charge is 0.257 e. The number of morpholine rings is 1. The summed E-state index contributed by atoms with van der Waals surface area (Å²) in [6, 6.07) is 7.31. The third kappa shape index (κ3) is 3.28. The van der Waals surface area contributed by atoms with Crippen LogP contribution in [0.4, 0.5) is 0 Å². The molecule has 2 atom stereocenters. The Hall–Kier alpha value is -1.07. The van der Waals surface area contributed by atoms with E-state index in [9.17, 15) is 4.79 Å². The van der Waals surface area contributed by atoms with Crippen molar-refractivity contribution in [2.75, 3.05) is 25.5 Å². The van der Waals surface area contributed by atoms with Crippen LogP contribution in [0.25, 0.3) is 0 Å². The summed E-state index contributed by atoms with van der Waals surface area (Å²) in [6.45, 7) is 3.20. The van der Waals surface area contributed by atoms with Crippen LogP contribution < -0.4 is 4.74 Å². The molecule has 1 heterocycles. The molecule has 1 aromatic rings. The van der Waals surface area contributed by atoms with Gasteiger partial charge in [0.2, 0.25) is 0 Å². The van der Waals surface area contributed by atoms with E-state index in [4.69, 9.17) is 9.47 Å². The number of benzene rings is 1. The van der Waals surface area contributed by atoms with Crippen molar-refractivity contribution in [2.45, 2.75) is 19.1 Å². The minimum absolute atomic E-state index is 0.00134. The molecule has 0 bridgehead atoms. The maximum atomic E-state index is 12.6. The lowest BCUT2D eigenvalue weighted by Crippen LogP contribution is -2.49. The predicted molar refractivity (Wildman–Crippen MR) is 77.0 cm³/mol. The number of methoxy groups -OCH3 is 1. The first-order valence-corrected chi connectivity index (χ1v) is 7.41. The molecule has 1 amide bonds. The number of nitrogens with zero attached hydrogens (tertiary/aromatic N) is 1. The predicted octanol–water partition coefficient (Wildman–Crippen LogP) is 2.32. The van der Waals surface area contributed by atoms with Crippen LogP contribution in [0.1, 0.15) is 17.3 Å². The van der Waals surface area contributed by atoms with Crippen LogP contribution in [-0.2, 0) is 4.74 Å². The standard InChI is InChI=1S/C14H18BrNO3/c1-10-8-16(9-11(7-15)19-10)14(17)12-5-3-4-6-13(12)18-2/h3-6,10-11H,7-9H2,1-2H3. The molecule has 0 radical (unpaired) electrons. The maximum Gasteiger partial charge on any atom is 0.257 e. The number of carbonyl (C=O) groups excluding carboxylic acids is 1. The number of halogens is 1. The summed E-state index contributed by atoms with van der Waals surface area (Å²) in [5, 5.41) is 0.729. The van der Waals surface area contributed by atoms with Crippen LogP contribution in [0.3, 0.4) is 0 Å². The van der Waals surface area contributed by atoms with E-state index in [0.29, 0.717) is 24.4 Å². The third-order valence-corrected chi connectivity index (χ3v) is 3.85. The number of hydrogen-bond acceptors (Lipinski definition) is 3. The van der Waals surface area contributed by atoms with Gasteiger partial charge in [-0.25, -0.2) is 0 Å². The number of hydrogen-bond donors (Lipinski definition) is 0. The van der Waals surface area contributed by atoms with Gasteiger partial charge in [0.1, 0.15) is 5.75 Å². The SMILES string of the molecule is COc1ccccc1C(=O)N1CC(C)OC(CBr)C1. The molecule has 1 saturated heterocycles. The molecule has 1 aromatic carbocycles. The van der Waals surface area contributed by atoms with Gasteiger partial charge in [0.25, 0.3) is 5.91 Å². The molecular weight excluding hydrogens is 310 g/mol. The van der Waals surface area contributed by atoms with Gasteiger partial charge in [-0.15, -0.1) is 0 Å². The summed E-state index contributed by atoms with van der Waals surface area (Å²) in [5.41, 5.74) is 0.604. The molecule has 5 heteroatoms. The molecule has 1 fully saturated rings. The lowest BCUT2D eigenvalue weighted by atomic mass is 10.1. The van der Waals surface area contributed by atoms with E-state index < -0.39 is 0 Å². The summed E-state index contributed by atoms with van der Waals surface area (Å²) in [7, 11) is 1.58. The fourth-order valence-electron chi connectivity index (χ4n) is 2.29. The van der Waals surface area contributed by atoms with Crippen LogP contribution in [0, 0.1) is 0 Å². The first-order chi connectivity index (χ1) is 9.15. The number of alkyl halides is 1. The van der Waals surface area contributed by atoms with Crippen molar-refractivity contribution in [3.8, 4) is 5.75 Å². The Morgan fingerprint density at radius 2 is 2.21 bits per heavy atom. The van der Waals surface area contributed by atoms with Crippen molar-refractivity contribution in [1.82, 2.24) is 4.90 Å². The Morgan fingerprint density at radius 3 is 2.89 bits per heavy atom. The molecule has 4 nitrogen and oxygen atoms in total. The van der Waals surface area contributed by atoms with Gasteiger partial charge >= 0.3 is 0 Å². The number of ether oxygens (including phenoxy) is 2. The van der Waals surface area contributed by atoms with Crippen molar-refractivity contribution in [1.29, 1.82) is 0 Å². The van der Waals surface area contributed by atoms with E-state index in [1.54, 1.807) is 19.2 Å². The number of para-hydroxylation sites is 1. The zero-order valence-corrected chi connectivity index (χ0v) is 12.7. The molecule has 104 valence electrons. The average Bonchev–Trinajstić information content (AvgIpc) is 2.45. The molecule has 0 saturated carbocycles. The summed E-state index contributed by atoms with van der Waals surface area (Å²) in [4.78, 5) is 14.4. The number of carbonyl (C=O) groups is 1. The highest BCUT2D eigenvalue weighted by atomic mass is 79.9. The molecule has 1 aliphatic rings. The molecule has 2 rings (SSSR count). The molecule has 2 unspecified atom stereocenters. The van der Waals surface area contributed by atoms with Crippen LogP contribution in [-0.4, -0.2) is 48.5 Å². The quantitative estimate of drug-likeness (QED) is 0.800. The Kier molecular flexibility index (Phi) is 4.82. The summed E-state index contributed by atoms with van der Waals surface area (Å²) in [5.74, 6) is 0.612. The highest BCUT2D eigenvalue weighted by molar-refractivity contribution is 9.09. The van der Waals surface area contributed by atoms with E-state index in [-0.39, 0.29) is 18.1 Å². The Balaban J connectivity index is 2.18. The lowest BCUT2D eigenvalue weighted by Gasteiger charge is -2.36. The summed E-state index contributed by atoms with van der Waals surface area (Å²) < 4.78 is 11.0. The van der Waals surface area contributed by atoms with E-state index in [2.05, 4.69) is 15.9 Å². The van der Waals surface area contributed by atoms with Crippen molar-refractivity contribution < 1.29 is 14.3 Å². The molecule has 0 spiro atoms. The minimum Gasteiger partial charge on any atom is -0.496 e. The van der Waals surface area contributed by atoms with Gasteiger partial charge in [-0.2, -0.15) is 0 Å². The van der Waals surface area contributed by atoms with E-state index in [1.165, 1.54) is 0 Å². The van der Waals surface area contributed by atoms with E-state index in [1.807, 2.05) is 24.0 Å². The Bertz CT molecular complexity index is 452. The average molecular weight is 328 g/mol.